The summed E-state index contributed by atoms with van der Waals surface area (Å²) in [5.74, 6) is 6.15. The maximum absolute atomic E-state index is 5.73. The van der Waals surface area contributed by atoms with Gasteiger partial charge < -0.3 is 0 Å². The Hall–Kier alpha value is -1.16. The van der Waals surface area contributed by atoms with Crippen molar-refractivity contribution < 1.29 is 0 Å². The Bertz CT molecular complexity index is 425. The zero-order valence-corrected chi connectivity index (χ0v) is 10.8. The summed E-state index contributed by atoms with van der Waals surface area (Å²) in [6.45, 7) is 2.20. The van der Waals surface area contributed by atoms with Crippen molar-refractivity contribution in [3.05, 3.63) is 58.3 Å². The van der Waals surface area contributed by atoms with Crippen LogP contribution in [0.4, 0.5) is 0 Å². The second kappa shape index (κ2) is 5.96. The molecule has 2 nitrogen and oxygen atoms in total. The lowest BCUT2D eigenvalue weighted by atomic mass is 9.88. The van der Waals surface area contributed by atoms with E-state index in [-0.39, 0.29) is 6.04 Å². The summed E-state index contributed by atoms with van der Waals surface area (Å²) in [7, 11) is 0. The van der Waals surface area contributed by atoms with Gasteiger partial charge in [-0.25, -0.2) is 0 Å². The predicted octanol–water partition coefficient (Wildman–Crippen LogP) is 3.45. The summed E-state index contributed by atoms with van der Waals surface area (Å²) >= 11 is 1.75. The van der Waals surface area contributed by atoms with E-state index in [4.69, 9.17) is 5.84 Å². The lowest BCUT2D eigenvalue weighted by Crippen LogP contribution is -2.31. The first-order valence-electron chi connectivity index (χ1n) is 5.91. The van der Waals surface area contributed by atoms with E-state index in [9.17, 15) is 0 Å². The van der Waals surface area contributed by atoms with Gasteiger partial charge in [0, 0.05) is 10.8 Å². The van der Waals surface area contributed by atoms with Gasteiger partial charge in [-0.2, -0.15) is 0 Å². The Morgan fingerprint density at radius 3 is 2.47 bits per heavy atom. The molecule has 0 fully saturated rings. The molecule has 2 rings (SSSR count). The quantitative estimate of drug-likeness (QED) is 0.626. The van der Waals surface area contributed by atoms with Crippen molar-refractivity contribution in [1.29, 1.82) is 0 Å². The maximum atomic E-state index is 5.73. The highest BCUT2D eigenvalue weighted by Crippen LogP contribution is 2.34. The molecule has 0 spiro atoms. The van der Waals surface area contributed by atoms with E-state index in [2.05, 4.69) is 54.1 Å². The summed E-state index contributed by atoms with van der Waals surface area (Å²) in [6, 6.07) is 15.0. The topological polar surface area (TPSA) is 38.0 Å². The molecule has 2 atom stereocenters. The molecule has 1 aromatic carbocycles. The third-order valence-corrected chi connectivity index (χ3v) is 4.05. The van der Waals surface area contributed by atoms with Gasteiger partial charge >= 0.3 is 0 Å². The van der Waals surface area contributed by atoms with Crippen LogP contribution < -0.4 is 11.3 Å². The minimum atomic E-state index is 0.197. The second-order valence-electron chi connectivity index (χ2n) is 4.09. The lowest BCUT2D eigenvalue weighted by molar-refractivity contribution is 0.451. The third kappa shape index (κ3) is 2.75. The number of nitrogens with two attached hydrogens (primary N) is 1. The van der Waals surface area contributed by atoms with E-state index in [1.807, 2.05) is 6.07 Å². The molecule has 2 aromatic rings. The van der Waals surface area contributed by atoms with Crippen LogP contribution >= 0.6 is 11.3 Å². The normalized spacial score (nSPS) is 14.5. The average Bonchev–Trinajstić information content (AvgIpc) is 2.90. The van der Waals surface area contributed by atoms with Gasteiger partial charge in [-0.1, -0.05) is 43.3 Å². The smallest absolute Gasteiger partial charge is 0.0621 e. The van der Waals surface area contributed by atoms with Gasteiger partial charge in [-0.05, 0) is 23.4 Å². The molecule has 17 heavy (non-hydrogen) atoms. The number of hydrazine groups is 1. The fraction of sp³-hybridized carbons (Fsp3) is 0.286. The highest BCUT2D eigenvalue weighted by molar-refractivity contribution is 7.10. The molecule has 0 aliphatic heterocycles. The van der Waals surface area contributed by atoms with Crippen LogP contribution in [-0.4, -0.2) is 0 Å². The van der Waals surface area contributed by atoms with E-state index < -0.39 is 0 Å². The Morgan fingerprint density at radius 1 is 1.18 bits per heavy atom. The molecule has 0 bridgehead atoms. The standard InChI is InChI=1S/C14H18N2S/c1-2-12(11-7-4-3-5-8-11)14(16-15)13-9-6-10-17-13/h3-10,12,14,16H,2,15H2,1H3. The Kier molecular flexibility index (Phi) is 4.31. The van der Waals surface area contributed by atoms with Gasteiger partial charge in [0.25, 0.3) is 0 Å². The Balaban J connectivity index is 2.28. The number of hydrogen-bond acceptors (Lipinski definition) is 3. The molecule has 1 heterocycles. The van der Waals surface area contributed by atoms with Crippen molar-refractivity contribution in [3.8, 4) is 0 Å². The van der Waals surface area contributed by atoms with Crippen molar-refractivity contribution >= 4 is 11.3 Å². The molecule has 0 saturated carbocycles. The van der Waals surface area contributed by atoms with Crippen LogP contribution in [-0.2, 0) is 0 Å². The number of benzene rings is 1. The van der Waals surface area contributed by atoms with Crippen LogP contribution in [0.1, 0.15) is 35.7 Å². The summed E-state index contributed by atoms with van der Waals surface area (Å²) in [5.41, 5.74) is 4.30. The molecule has 3 N–H and O–H groups in total. The van der Waals surface area contributed by atoms with Crippen LogP contribution in [0.15, 0.2) is 47.8 Å². The van der Waals surface area contributed by atoms with Gasteiger partial charge in [-0.3, -0.25) is 11.3 Å². The van der Waals surface area contributed by atoms with Crippen molar-refractivity contribution in [2.45, 2.75) is 25.3 Å². The largest absolute Gasteiger partial charge is 0.271 e. The van der Waals surface area contributed by atoms with E-state index in [0.717, 1.165) is 6.42 Å². The number of thiophene rings is 1. The van der Waals surface area contributed by atoms with E-state index >= 15 is 0 Å². The third-order valence-electron chi connectivity index (χ3n) is 3.10. The summed E-state index contributed by atoms with van der Waals surface area (Å²) < 4.78 is 0. The van der Waals surface area contributed by atoms with Crippen LogP contribution in [0.25, 0.3) is 0 Å². The minimum Gasteiger partial charge on any atom is -0.271 e. The molecule has 0 saturated heterocycles. The van der Waals surface area contributed by atoms with E-state index in [0.29, 0.717) is 5.92 Å². The van der Waals surface area contributed by atoms with E-state index in [1.54, 1.807) is 11.3 Å². The molecule has 3 heteroatoms. The van der Waals surface area contributed by atoms with Gasteiger partial charge in [0.2, 0.25) is 0 Å². The fourth-order valence-electron chi connectivity index (χ4n) is 2.23. The van der Waals surface area contributed by atoms with Crippen molar-refractivity contribution in [2.75, 3.05) is 0 Å². The van der Waals surface area contributed by atoms with Crippen molar-refractivity contribution in [2.24, 2.45) is 5.84 Å². The lowest BCUT2D eigenvalue weighted by Gasteiger charge is -2.25. The van der Waals surface area contributed by atoms with Crippen LogP contribution in [0.2, 0.25) is 0 Å². The first-order valence-corrected chi connectivity index (χ1v) is 6.79. The summed E-state index contributed by atoms with van der Waals surface area (Å²) in [6.07, 6.45) is 1.07. The average molecular weight is 246 g/mol. The van der Waals surface area contributed by atoms with Gasteiger partial charge in [0.15, 0.2) is 0 Å². The van der Waals surface area contributed by atoms with E-state index in [1.165, 1.54) is 10.4 Å². The molecule has 1 aromatic heterocycles. The fourth-order valence-corrected chi connectivity index (χ4v) is 3.08. The highest BCUT2D eigenvalue weighted by Gasteiger charge is 2.22. The van der Waals surface area contributed by atoms with Gasteiger partial charge in [0.1, 0.15) is 0 Å². The van der Waals surface area contributed by atoms with Crippen molar-refractivity contribution in [1.82, 2.24) is 5.43 Å². The van der Waals surface area contributed by atoms with Gasteiger partial charge in [-0.15, -0.1) is 11.3 Å². The second-order valence-corrected chi connectivity index (χ2v) is 5.06. The predicted molar refractivity (Wildman–Crippen MR) is 73.9 cm³/mol. The maximum Gasteiger partial charge on any atom is 0.0621 e. The Labute approximate surface area is 106 Å². The van der Waals surface area contributed by atoms with Gasteiger partial charge in [0.05, 0.1) is 6.04 Å². The molecular formula is C14H18N2S. The molecule has 0 aliphatic rings. The summed E-state index contributed by atoms with van der Waals surface area (Å²) in [5, 5.41) is 2.09. The van der Waals surface area contributed by atoms with Crippen molar-refractivity contribution in [3.63, 3.8) is 0 Å². The molecule has 0 amide bonds. The Morgan fingerprint density at radius 2 is 1.94 bits per heavy atom. The number of nitrogens with one attached hydrogen (secondary N) is 1. The highest BCUT2D eigenvalue weighted by atomic mass is 32.1. The number of hydrogen-bond donors (Lipinski definition) is 2. The molecular weight excluding hydrogens is 228 g/mol. The SMILES string of the molecule is CCC(c1ccccc1)C(NN)c1cccs1. The first-order chi connectivity index (χ1) is 8.36. The zero-order chi connectivity index (χ0) is 12.1. The molecule has 2 unspecified atom stereocenters. The molecule has 0 aliphatic carbocycles. The summed E-state index contributed by atoms with van der Waals surface area (Å²) in [4.78, 5) is 1.29. The van der Waals surface area contributed by atoms with Crippen LogP contribution in [0, 0.1) is 0 Å². The zero-order valence-electron chi connectivity index (χ0n) is 9.97. The first kappa shape index (κ1) is 12.3. The number of rotatable bonds is 5. The van der Waals surface area contributed by atoms with Crippen LogP contribution in [0.3, 0.4) is 0 Å². The van der Waals surface area contributed by atoms with Crippen LogP contribution in [0.5, 0.6) is 0 Å². The molecule has 90 valence electrons. The monoisotopic (exact) mass is 246 g/mol. The molecule has 0 radical (unpaired) electrons. The minimum absolute atomic E-state index is 0.197.